The average Bonchev–Trinajstić information content (AvgIpc) is 2.18. The summed E-state index contributed by atoms with van der Waals surface area (Å²) in [5, 5.41) is 8.88. The molecule has 0 fully saturated rings. The van der Waals surface area contributed by atoms with Gasteiger partial charge in [0.25, 0.3) is 0 Å². The maximum absolute atomic E-state index is 11.1. The number of hydrogen-bond donors (Lipinski definition) is 1. The lowest BCUT2D eigenvalue weighted by Crippen LogP contribution is -2.36. The van der Waals surface area contributed by atoms with Gasteiger partial charge in [-0.15, -0.1) is 0 Å². The third-order valence-electron chi connectivity index (χ3n) is 2.21. The monoisotopic (exact) mass is 207 g/mol. The second-order valence-electron chi connectivity index (χ2n) is 3.26. The molecule has 1 atom stereocenters. The lowest BCUT2D eigenvalue weighted by Gasteiger charge is -2.23. The van der Waals surface area contributed by atoms with E-state index in [0.29, 0.717) is 0 Å². The molecule has 0 saturated heterocycles. The number of amides is 2. The van der Waals surface area contributed by atoms with Crippen molar-refractivity contribution in [3.8, 4) is 0 Å². The van der Waals surface area contributed by atoms with Gasteiger partial charge in [0.1, 0.15) is 0 Å². The van der Waals surface area contributed by atoms with Crippen LogP contribution in [0.3, 0.4) is 0 Å². The van der Waals surface area contributed by atoms with Gasteiger partial charge in [-0.3, -0.25) is 4.79 Å². The van der Waals surface area contributed by atoms with Crippen molar-refractivity contribution in [2.75, 3.05) is 0 Å². The van der Waals surface area contributed by atoms with E-state index < -0.39 is 18.0 Å². The van der Waals surface area contributed by atoms with Crippen LogP contribution in [0.5, 0.6) is 0 Å². The molecule has 0 unspecified atom stereocenters. The van der Waals surface area contributed by atoms with Crippen LogP contribution in [0.25, 0.3) is 0 Å². The van der Waals surface area contributed by atoms with Gasteiger partial charge in [-0.1, -0.05) is 30.3 Å². The summed E-state index contributed by atoms with van der Waals surface area (Å²) in [4.78, 5) is 22.8. The molecule has 4 nitrogen and oxygen atoms in total. The number of carbonyl (C=O) groups is 2. The van der Waals surface area contributed by atoms with Crippen molar-refractivity contribution in [3.05, 3.63) is 35.9 Å². The second-order valence-corrected chi connectivity index (χ2v) is 3.26. The molecule has 0 radical (unpaired) electrons. The molecular weight excluding hydrogens is 194 g/mol. The van der Waals surface area contributed by atoms with Crippen LogP contribution in [0, 0.1) is 0 Å². The largest absolute Gasteiger partial charge is 0.465 e. The number of hydrogen-bond acceptors (Lipinski definition) is 2. The first-order valence-corrected chi connectivity index (χ1v) is 4.61. The van der Waals surface area contributed by atoms with E-state index in [2.05, 4.69) is 0 Å². The zero-order valence-electron chi connectivity index (χ0n) is 8.68. The number of rotatable bonds is 2. The van der Waals surface area contributed by atoms with Gasteiger partial charge in [0.05, 0.1) is 6.04 Å². The van der Waals surface area contributed by atoms with Crippen molar-refractivity contribution in [1.29, 1.82) is 0 Å². The molecule has 0 bridgehead atoms. The van der Waals surface area contributed by atoms with E-state index in [1.54, 1.807) is 19.1 Å². The molecule has 1 rings (SSSR count). The lowest BCUT2D eigenvalue weighted by atomic mass is 10.1. The Morgan fingerprint density at radius 3 is 2.20 bits per heavy atom. The van der Waals surface area contributed by atoms with Gasteiger partial charge >= 0.3 is 6.09 Å². The Labute approximate surface area is 88.1 Å². The summed E-state index contributed by atoms with van der Waals surface area (Å²) in [6.45, 7) is 2.93. The van der Waals surface area contributed by atoms with Crippen LogP contribution >= 0.6 is 0 Å². The molecule has 0 aromatic heterocycles. The van der Waals surface area contributed by atoms with Gasteiger partial charge in [-0.25, -0.2) is 9.69 Å². The highest BCUT2D eigenvalue weighted by molar-refractivity contribution is 5.90. The Kier molecular flexibility index (Phi) is 3.44. The van der Waals surface area contributed by atoms with Gasteiger partial charge in [0.15, 0.2) is 0 Å². The molecule has 4 heteroatoms. The summed E-state index contributed by atoms with van der Waals surface area (Å²) in [5.74, 6) is -0.473. The van der Waals surface area contributed by atoms with Crippen LogP contribution in [-0.2, 0) is 4.79 Å². The number of nitrogens with zero attached hydrogens (tertiary/aromatic N) is 1. The second kappa shape index (κ2) is 4.59. The van der Waals surface area contributed by atoms with Crippen molar-refractivity contribution >= 4 is 12.0 Å². The number of benzene rings is 1. The van der Waals surface area contributed by atoms with Crippen LogP contribution in [0.15, 0.2) is 30.3 Å². The highest BCUT2D eigenvalue weighted by Crippen LogP contribution is 2.19. The van der Waals surface area contributed by atoms with Gasteiger partial charge < -0.3 is 5.11 Å². The van der Waals surface area contributed by atoms with Crippen molar-refractivity contribution in [3.63, 3.8) is 0 Å². The molecule has 0 spiro atoms. The van der Waals surface area contributed by atoms with E-state index >= 15 is 0 Å². The van der Waals surface area contributed by atoms with Crippen LogP contribution in [0.4, 0.5) is 4.79 Å². The normalized spacial score (nSPS) is 11.9. The zero-order valence-corrected chi connectivity index (χ0v) is 8.68. The van der Waals surface area contributed by atoms with Gasteiger partial charge in [0.2, 0.25) is 5.91 Å². The Hall–Kier alpha value is -1.84. The van der Waals surface area contributed by atoms with Crippen LogP contribution in [-0.4, -0.2) is 22.0 Å². The van der Waals surface area contributed by atoms with E-state index in [9.17, 15) is 9.59 Å². The number of carbonyl (C=O) groups excluding carboxylic acids is 1. The fraction of sp³-hybridized carbons (Fsp3) is 0.273. The van der Waals surface area contributed by atoms with Gasteiger partial charge in [0, 0.05) is 6.92 Å². The van der Waals surface area contributed by atoms with Crippen molar-refractivity contribution < 1.29 is 14.7 Å². The summed E-state index contributed by atoms with van der Waals surface area (Å²) >= 11 is 0. The Morgan fingerprint density at radius 2 is 1.80 bits per heavy atom. The molecule has 15 heavy (non-hydrogen) atoms. The number of imide groups is 1. The zero-order chi connectivity index (χ0) is 11.4. The van der Waals surface area contributed by atoms with Gasteiger partial charge in [-0.05, 0) is 12.5 Å². The van der Waals surface area contributed by atoms with Crippen LogP contribution < -0.4 is 0 Å². The van der Waals surface area contributed by atoms with Crippen molar-refractivity contribution in [1.82, 2.24) is 4.90 Å². The first kappa shape index (κ1) is 11.2. The predicted molar refractivity (Wildman–Crippen MR) is 55.4 cm³/mol. The van der Waals surface area contributed by atoms with Gasteiger partial charge in [-0.2, -0.15) is 0 Å². The molecule has 0 saturated carbocycles. The molecule has 1 aromatic carbocycles. The summed E-state index contributed by atoms with van der Waals surface area (Å²) in [5.41, 5.74) is 0.801. The molecular formula is C11H13NO3. The third-order valence-corrected chi connectivity index (χ3v) is 2.21. The molecule has 0 aliphatic rings. The first-order chi connectivity index (χ1) is 7.04. The standard InChI is InChI=1S/C11H13NO3/c1-8(10-6-4-3-5-7-10)12(9(2)13)11(14)15/h3-8H,1-2H3,(H,14,15)/t8-/m0/s1. The highest BCUT2D eigenvalue weighted by Gasteiger charge is 2.24. The third kappa shape index (κ3) is 2.56. The highest BCUT2D eigenvalue weighted by atomic mass is 16.4. The minimum atomic E-state index is -1.22. The minimum Gasteiger partial charge on any atom is -0.465 e. The maximum Gasteiger partial charge on any atom is 0.414 e. The molecule has 1 aromatic rings. The number of carboxylic acid groups (broad SMARTS) is 1. The fourth-order valence-corrected chi connectivity index (χ4v) is 1.45. The molecule has 0 heterocycles. The predicted octanol–water partition coefficient (Wildman–Crippen LogP) is 2.27. The lowest BCUT2D eigenvalue weighted by molar-refractivity contribution is -0.128. The average molecular weight is 207 g/mol. The summed E-state index contributed by atoms with van der Waals surface area (Å²) in [6, 6.07) is 8.60. The SMILES string of the molecule is CC(=O)N(C(=O)O)[C@@H](C)c1ccccc1. The van der Waals surface area contributed by atoms with E-state index in [1.165, 1.54) is 6.92 Å². The maximum atomic E-state index is 11.1. The van der Waals surface area contributed by atoms with Crippen molar-refractivity contribution in [2.24, 2.45) is 0 Å². The molecule has 80 valence electrons. The minimum absolute atomic E-state index is 0.457. The molecule has 2 amide bonds. The van der Waals surface area contributed by atoms with E-state index in [0.717, 1.165) is 10.5 Å². The molecule has 1 N–H and O–H groups in total. The van der Waals surface area contributed by atoms with Crippen LogP contribution in [0.2, 0.25) is 0 Å². The Bertz CT molecular complexity index is 347. The van der Waals surface area contributed by atoms with Crippen LogP contribution in [0.1, 0.15) is 25.5 Å². The Morgan fingerprint density at radius 1 is 1.27 bits per heavy atom. The van der Waals surface area contributed by atoms with E-state index in [4.69, 9.17) is 5.11 Å². The summed E-state index contributed by atoms with van der Waals surface area (Å²) in [6.07, 6.45) is -1.22. The quantitative estimate of drug-likeness (QED) is 0.809. The molecule has 0 aliphatic carbocycles. The topological polar surface area (TPSA) is 57.6 Å². The summed E-state index contributed by atoms with van der Waals surface area (Å²) < 4.78 is 0. The fourth-order valence-electron chi connectivity index (χ4n) is 1.45. The Balaban J connectivity index is 2.96. The van der Waals surface area contributed by atoms with Crippen molar-refractivity contribution in [2.45, 2.75) is 19.9 Å². The smallest absolute Gasteiger partial charge is 0.414 e. The molecule has 0 aliphatic heterocycles. The van der Waals surface area contributed by atoms with E-state index in [1.807, 2.05) is 18.2 Å². The summed E-state index contributed by atoms with van der Waals surface area (Å²) in [7, 11) is 0. The first-order valence-electron chi connectivity index (χ1n) is 4.61. The van der Waals surface area contributed by atoms with E-state index in [-0.39, 0.29) is 0 Å².